The van der Waals surface area contributed by atoms with E-state index < -0.39 is 0 Å². The van der Waals surface area contributed by atoms with E-state index in [1.165, 1.54) is 31.4 Å². The molecule has 2 atom stereocenters. The van der Waals surface area contributed by atoms with Crippen LogP contribution in [0.25, 0.3) is 0 Å². The Kier molecular flexibility index (Phi) is 11.6. The molecule has 0 fully saturated rings. The maximum absolute atomic E-state index is 5.92. The molecule has 2 unspecified atom stereocenters. The number of nitrogens with zero attached hydrogens (tertiary/aromatic N) is 1. The van der Waals surface area contributed by atoms with Crippen molar-refractivity contribution in [2.75, 3.05) is 13.1 Å². The van der Waals surface area contributed by atoms with E-state index in [2.05, 4.69) is 51.3 Å². The van der Waals surface area contributed by atoms with E-state index in [9.17, 15) is 0 Å². The summed E-state index contributed by atoms with van der Waals surface area (Å²) in [5.74, 6) is 0.519. The molecule has 0 aliphatic carbocycles. The van der Waals surface area contributed by atoms with Crippen LogP contribution in [-0.4, -0.2) is 24.0 Å². The first-order valence-corrected chi connectivity index (χ1v) is 8.41. The third kappa shape index (κ3) is 9.19. The fraction of sp³-hybridized carbons (Fsp3) is 0.778. The van der Waals surface area contributed by atoms with E-state index in [0.29, 0.717) is 5.92 Å². The van der Waals surface area contributed by atoms with Gasteiger partial charge in [0.15, 0.2) is 0 Å². The first-order chi connectivity index (χ1) is 9.54. The highest BCUT2D eigenvalue weighted by Crippen LogP contribution is 2.17. The number of unbranched alkanes of at least 4 members (excludes halogenated alkanes) is 2. The van der Waals surface area contributed by atoms with Gasteiger partial charge in [0.1, 0.15) is 0 Å². The van der Waals surface area contributed by atoms with Crippen molar-refractivity contribution >= 4 is 0 Å². The van der Waals surface area contributed by atoms with E-state index in [4.69, 9.17) is 5.73 Å². The lowest BCUT2D eigenvalue weighted by Crippen LogP contribution is -2.25. The van der Waals surface area contributed by atoms with Crippen molar-refractivity contribution in [3.8, 4) is 0 Å². The minimum Gasteiger partial charge on any atom is -0.375 e. The van der Waals surface area contributed by atoms with Crippen LogP contribution in [0, 0.1) is 5.92 Å². The van der Waals surface area contributed by atoms with Gasteiger partial charge in [0.2, 0.25) is 0 Å². The minimum absolute atomic E-state index is 0.196. The molecule has 0 rings (SSSR count). The Balaban J connectivity index is 4.25. The lowest BCUT2D eigenvalue weighted by molar-refractivity contribution is 0.318. The average molecular weight is 280 g/mol. The lowest BCUT2D eigenvalue weighted by atomic mass is 10.0. The summed E-state index contributed by atoms with van der Waals surface area (Å²) in [7, 11) is 0. The topological polar surface area (TPSA) is 29.3 Å². The van der Waals surface area contributed by atoms with Crippen molar-refractivity contribution in [3.05, 3.63) is 24.4 Å². The SMILES string of the molecule is C=C(CC(C)/C=C/C(N)CC)N(CCC)CCCCC. The van der Waals surface area contributed by atoms with Crippen LogP contribution < -0.4 is 5.73 Å². The summed E-state index contributed by atoms with van der Waals surface area (Å²) in [4.78, 5) is 2.47. The van der Waals surface area contributed by atoms with E-state index in [0.717, 1.165) is 25.9 Å². The standard InChI is InChI=1S/C18H36N2/c1-6-9-10-14-20(13-7-2)17(5)15-16(4)11-12-18(19)8-3/h11-12,16,18H,5-10,13-15,19H2,1-4H3/b12-11+. The van der Waals surface area contributed by atoms with Gasteiger partial charge in [-0.05, 0) is 31.6 Å². The number of rotatable bonds is 12. The van der Waals surface area contributed by atoms with Crippen LogP contribution in [0.5, 0.6) is 0 Å². The monoisotopic (exact) mass is 280 g/mol. The third-order valence-electron chi connectivity index (χ3n) is 3.69. The zero-order valence-corrected chi connectivity index (χ0v) is 14.2. The van der Waals surface area contributed by atoms with Crippen molar-refractivity contribution in [1.82, 2.24) is 4.90 Å². The summed E-state index contributed by atoms with van der Waals surface area (Å²) in [5.41, 5.74) is 7.20. The van der Waals surface area contributed by atoms with Crippen LogP contribution in [0.4, 0.5) is 0 Å². The van der Waals surface area contributed by atoms with E-state index in [1.54, 1.807) is 0 Å². The van der Waals surface area contributed by atoms with Gasteiger partial charge in [0, 0.05) is 24.8 Å². The molecular formula is C18H36N2. The molecule has 0 radical (unpaired) electrons. The molecule has 0 aromatic carbocycles. The van der Waals surface area contributed by atoms with Gasteiger partial charge in [-0.1, -0.05) is 59.3 Å². The number of nitrogens with two attached hydrogens (primary N) is 1. The van der Waals surface area contributed by atoms with Crippen LogP contribution in [0.15, 0.2) is 24.4 Å². The Bertz CT molecular complexity index is 271. The van der Waals surface area contributed by atoms with Crippen molar-refractivity contribution in [3.63, 3.8) is 0 Å². The molecule has 0 amide bonds. The van der Waals surface area contributed by atoms with Crippen LogP contribution in [0.2, 0.25) is 0 Å². The molecule has 0 saturated carbocycles. The van der Waals surface area contributed by atoms with Gasteiger partial charge in [0.05, 0.1) is 0 Å². The normalized spacial score (nSPS) is 14.4. The summed E-state index contributed by atoms with van der Waals surface area (Å²) in [5, 5.41) is 0. The summed E-state index contributed by atoms with van der Waals surface area (Å²) >= 11 is 0. The predicted octanol–water partition coefficient (Wildman–Crippen LogP) is 4.72. The molecule has 2 nitrogen and oxygen atoms in total. The first-order valence-electron chi connectivity index (χ1n) is 8.41. The molecule has 118 valence electrons. The highest BCUT2D eigenvalue weighted by molar-refractivity contribution is 5.01. The maximum Gasteiger partial charge on any atom is 0.0221 e. The van der Waals surface area contributed by atoms with E-state index in [1.807, 2.05) is 0 Å². The quantitative estimate of drug-likeness (QED) is 0.414. The lowest BCUT2D eigenvalue weighted by Gasteiger charge is -2.27. The first kappa shape index (κ1) is 19.2. The van der Waals surface area contributed by atoms with Gasteiger partial charge >= 0.3 is 0 Å². The molecule has 0 aliphatic heterocycles. The zero-order valence-electron chi connectivity index (χ0n) is 14.2. The molecule has 2 heteroatoms. The second kappa shape index (κ2) is 12.0. The number of hydrogen-bond donors (Lipinski definition) is 1. The highest BCUT2D eigenvalue weighted by Gasteiger charge is 2.09. The molecule has 2 N–H and O–H groups in total. The second-order valence-electron chi connectivity index (χ2n) is 5.90. The van der Waals surface area contributed by atoms with Crippen LogP contribution in [0.1, 0.15) is 66.2 Å². The van der Waals surface area contributed by atoms with Gasteiger partial charge < -0.3 is 10.6 Å². The summed E-state index contributed by atoms with van der Waals surface area (Å²) in [6.07, 6.45) is 11.5. The molecule has 0 aliphatic rings. The molecule has 0 spiro atoms. The Hall–Kier alpha value is -0.760. The molecular weight excluding hydrogens is 244 g/mol. The van der Waals surface area contributed by atoms with Crippen molar-refractivity contribution in [1.29, 1.82) is 0 Å². The Morgan fingerprint density at radius 1 is 1.10 bits per heavy atom. The van der Waals surface area contributed by atoms with E-state index in [-0.39, 0.29) is 6.04 Å². The second-order valence-corrected chi connectivity index (χ2v) is 5.90. The average Bonchev–Trinajstić information content (AvgIpc) is 2.43. The summed E-state index contributed by atoms with van der Waals surface area (Å²) < 4.78 is 0. The zero-order chi connectivity index (χ0) is 15.4. The molecule has 0 saturated heterocycles. The molecule has 0 aromatic heterocycles. The highest BCUT2D eigenvalue weighted by atomic mass is 15.1. The number of allylic oxidation sites excluding steroid dienone is 2. The summed E-state index contributed by atoms with van der Waals surface area (Å²) in [6.45, 7) is 15.5. The Morgan fingerprint density at radius 3 is 2.35 bits per heavy atom. The van der Waals surface area contributed by atoms with E-state index >= 15 is 0 Å². The summed E-state index contributed by atoms with van der Waals surface area (Å²) in [6, 6.07) is 0.196. The largest absolute Gasteiger partial charge is 0.375 e. The van der Waals surface area contributed by atoms with Crippen LogP contribution >= 0.6 is 0 Å². The third-order valence-corrected chi connectivity index (χ3v) is 3.69. The molecule has 0 heterocycles. The number of hydrogen-bond acceptors (Lipinski definition) is 2. The van der Waals surface area contributed by atoms with Crippen LogP contribution in [-0.2, 0) is 0 Å². The van der Waals surface area contributed by atoms with Crippen molar-refractivity contribution in [2.24, 2.45) is 11.7 Å². The van der Waals surface area contributed by atoms with Gasteiger partial charge in [-0.3, -0.25) is 0 Å². The van der Waals surface area contributed by atoms with Gasteiger partial charge in [0.25, 0.3) is 0 Å². The van der Waals surface area contributed by atoms with Crippen molar-refractivity contribution < 1.29 is 0 Å². The Labute approximate surface area is 127 Å². The smallest absolute Gasteiger partial charge is 0.0221 e. The van der Waals surface area contributed by atoms with Crippen LogP contribution in [0.3, 0.4) is 0 Å². The van der Waals surface area contributed by atoms with Gasteiger partial charge in [-0.2, -0.15) is 0 Å². The Morgan fingerprint density at radius 2 is 1.80 bits per heavy atom. The maximum atomic E-state index is 5.92. The fourth-order valence-electron chi connectivity index (χ4n) is 2.29. The predicted molar refractivity (Wildman–Crippen MR) is 91.7 cm³/mol. The van der Waals surface area contributed by atoms with Gasteiger partial charge in [-0.15, -0.1) is 0 Å². The molecule has 0 aromatic rings. The van der Waals surface area contributed by atoms with Gasteiger partial charge in [-0.25, -0.2) is 0 Å². The minimum atomic E-state index is 0.196. The fourth-order valence-corrected chi connectivity index (χ4v) is 2.29. The molecule has 20 heavy (non-hydrogen) atoms. The molecule has 0 bridgehead atoms. The van der Waals surface area contributed by atoms with Crippen molar-refractivity contribution in [2.45, 2.75) is 72.3 Å².